The summed E-state index contributed by atoms with van der Waals surface area (Å²) in [5, 5.41) is 0. The minimum absolute atomic E-state index is 0.908. The van der Waals surface area contributed by atoms with Gasteiger partial charge in [-0.15, -0.1) is 12.6 Å². The standard InChI is InChI=1S/C8H12S/c1-4-7(3)6-8(9)5-2/h4-6,9H,2H2,1,3H3/b7-4-,8-6+. The Morgan fingerprint density at radius 3 is 2.44 bits per heavy atom. The Bertz CT molecular complexity index is 152. The first-order valence-corrected chi connectivity index (χ1v) is 3.31. The largest absolute Gasteiger partial charge is 0.143 e. The Hall–Kier alpha value is -0.430. The van der Waals surface area contributed by atoms with E-state index in [4.69, 9.17) is 0 Å². The molecule has 0 amide bonds. The van der Waals surface area contributed by atoms with Gasteiger partial charge in [-0.2, -0.15) is 0 Å². The molecule has 9 heavy (non-hydrogen) atoms. The van der Waals surface area contributed by atoms with Gasteiger partial charge >= 0.3 is 0 Å². The van der Waals surface area contributed by atoms with Crippen LogP contribution in [0.3, 0.4) is 0 Å². The van der Waals surface area contributed by atoms with Gasteiger partial charge in [0.1, 0.15) is 0 Å². The van der Waals surface area contributed by atoms with Crippen LogP contribution < -0.4 is 0 Å². The third-order valence-electron chi connectivity index (χ3n) is 1.04. The molecule has 0 aliphatic carbocycles. The van der Waals surface area contributed by atoms with E-state index in [2.05, 4.69) is 19.2 Å². The van der Waals surface area contributed by atoms with Crippen LogP contribution in [0.2, 0.25) is 0 Å². The van der Waals surface area contributed by atoms with Gasteiger partial charge in [0, 0.05) is 4.91 Å². The van der Waals surface area contributed by atoms with Crippen molar-refractivity contribution in [2.75, 3.05) is 0 Å². The molecule has 0 aromatic rings. The smallest absolute Gasteiger partial charge is 0.00366 e. The SMILES string of the molecule is C=C/C(S)=C\C(C)=C/C. The lowest BCUT2D eigenvalue weighted by molar-refractivity contribution is 1.47. The zero-order chi connectivity index (χ0) is 7.28. The van der Waals surface area contributed by atoms with E-state index in [0.717, 1.165) is 4.91 Å². The maximum absolute atomic E-state index is 4.13. The average Bonchev–Trinajstić information content (AvgIpc) is 1.87. The third kappa shape index (κ3) is 4.10. The van der Waals surface area contributed by atoms with Gasteiger partial charge in [-0.25, -0.2) is 0 Å². The normalized spacial score (nSPS) is 13.7. The topological polar surface area (TPSA) is 0 Å². The molecule has 0 atom stereocenters. The quantitative estimate of drug-likeness (QED) is 0.442. The van der Waals surface area contributed by atoms with Crippen molar-refractivity contribution in [2.24, 2.45) is 0 Å². The summed E-state index contributed by atoms with van der Waals surface area (Å²) in [6, 6.07) is 0. The van der Waals surface area contributed by atoms with E-state index >= 15 is 0 Å². The van der Waals surface area contributed by atoms with Crippen LogP contribution in [0.4, 0.5) is 0 Å². The number of hydrogen-bond donors (Lipinski definition) is 1. The van der Waals surface area contributed by atoms with E-state index in [1.54, 1.807) is 6.08 Å². The van der Waals surface area contributed by atoms with Crippen molar-refractivity contribution in [1.29, 1.82) is 0 Å². The molecule has 0 aromatic heterocycles. The molecule has 0 radical (unpaired) electrons. The highest BCUT2D eigenvalue weighted by molar-refractivity contribution is 7.84. The average molecular weight is 140 g/mol. The van der Waals surface area contributed by atoms with Gasteiger partial charge in [0.2, 0.25) is 0 Å². The molecule has 0 aliphatic rings. The molecule has 0 saturated carbocycles. The van der Waals surface area contributed by atoms with Gasteiger partial charge in [-0.05, 0) is 19.9 Å². The van der Waals surface area contributed by atoms with Crippen LogP contribution >= 0.6 is 12.6 Å². The summed E-state index contributed by atoms with van der Waals surface area (Å²) in [6.07, 6.45) is 5.71. The summed E-state index contributed by atoms with van der Waals surface area (Å²) >= 11 is 4.13. The Morgan fingerprint density at radius 2 is 2.11 bits per heavy atom. The lowest BCUT2D eigenvalue weighted by Crippen LogP contribution is -1.66. The first-order valence-electron chi connectivity index (χ1n) is 2.86. The molecule has 50 valence electrons. The minimum atomic E-state index is 0.908. The predicted molar refractivity (Wildman–Crippen MR) is 46.7 cm³/mol. The Morgan fingerprint density at radius 1 is 1.56 bits per heavy atom. The molecule has 1 heteroatoms. The zero-order valence-electron chi connectivity index (χ0n) is 5.89. The summed E-state index contributed by atoms with van der Waals surface area (Å²) in [5.74, 6) is 0. The van der Waals surface area contributed by atoms with Gasteiger partial charge in [0.05, 0.1) is 0 Å². The van der Waals surface area contributed by atoms with Gasteiger partial charge in [-0.3, -0.25) is 0 Å². The second-order valence-corrected chi connectivity index (χ2v) is 2.32. The number of thiol groups is 1. The van der Waals surface area contributed by atoms with E-state index in [0.29, 0.717) is 0 Å². The maximum atomic E-state index is 4.13. The Balaban J connectivity index is 4.11. The van der Waals surface area contributed by atoms with Gasteiger partial charge in [0.15, 0.2) is 0 Å². The highest BCUT2D eigenvalue weighted by atomic mass is 32.1. The van der Waals surface area contributed by atoms with E-state index in [1.165, 1.54) is 5.57 Å². The highest BCUT2D eigenvalue weighted by Crippen LogP contribution is 2.05. The monoisotopic (exact) mass is 140 g/mol. The molecule has 0 fully saturated rings. The van der Waals surface area contributed by atoms with Gasteiger partial charge in [0.25, 0.3) is 0 Å². The van der Waals surface area contributed by atoms with E-state index in [9.17, 15) is 0 Å². The number of rotatable bonds is 2. The second kappa shape index (κ2) is 4.45. The van der Waals surface area contributed by atoms with E-state index < -0.39 is 0 Å². The highest BCUT2D eigenvalue weighted by Gasteiger charge is 1.80. The first-order chi connectivity index (χ1) is 4.20. The van der Waals surface area contributed by atoms with Crippen LogP contribution in [-0.4, -0.2) is 0 Å². The summed E-state index contributed by atoms with van der Waals surface area (Å²) < 4.78 is 0. The van der Waals surface area contributed by atoms with Crippen molar-refractivity contribution in [2.45, 2.75) is 13.8 Å². The fourth-order valence-corrected chi connectivity index (χ4v) is 0.579. The summed E-state index contributed by atoms with van der Waals surface area (Å²) in [7, 11) is 0. The van der Waals surface area contributed by atoms with Crippen LogP contribution in [0.15, 0.2) is 35.3 Å². The van der Waals surface area contributed by atoms with Crippen molar-refractivity contribution < 1.29 is 0 Å². The molecule has 0 spiro atoms. The fraction of sp³-hybridized carbons (Fsp3) is 0.250. The maximum Gasteiger partial charge on any atom is 0.00366 e. The molecule has 0 aliphatic heterocycles. The molecule has 0 aromatic carbocycles. The summed E-state index contributed by atoms with van der Waals surface area (Å²) in [4.78, 5) is 0.908. The fourth-order valence-electron chi connectivity index (χ4n) is 0.376. The molecule has 0 N–H and O–H groups in total. The van der Waals surface area contributed by atoms with Crippen molar-refractivity contribution >= 4 is 12.6 Å². The second-order valence-electron chi connectivity index (χ2n) is 1.81. The van der Waals surface area contributed by atoms with Crippen molar-refractivity contribution in [3.8, 4) is 0 Å². The van der Waals surface area contributed by atoms with Gasteiger partial charge in [-0.1, -0.05) is 24.3 Å². The third-order valence-corrected chi connectivity index (χ3v) is 1.35. The lowest BCUT2D eigenvalue weighted by Gasteiger charge is -1.89. The van der Waals surface area contributed by atoms with Crippen molar-refractivity contribution in [3.63, 3.8) is 0 Å². The predicted octanol–water partition coefficient (Wildman–Crippen LogP) is 2.95. The molecule has 0 rings (SSSR count). The van der Waals surface area contributed by atoms with Gasteiger partial charge < -0.3 is 0 Å². The molecular formula is C8H12S. The van der Waals surface area contributed by atoms with Crippen LogP contribution in [0.25, 0.3) is 0 Å². The van der Waals surface area contributed by atoms with Crippen LogP contribution in [0.5, 0.6) is 0 Å². The molecule has 0 heterocycles. The number of allylic oxidation sites excluding steroid dienone is 4. The molecular weight excluding hydrogens is 128 g/mol. The van der Waals surface area contributed by atoms with Crippen LogP contribution in [0.1, 0.15) is 13.8 Å². The lowest BCUT2D eigenvalue weighted by atomic mass is 10.2. The zero-order valence-corrected chi connectivity index (χ0v) is 6.78. The Kier molecular flexibility index (Phi) is 4.24. The first kappa shape index (κ1) is 8.57. The van der Waals surface area contributed by atoms with Crippen LogP contribution in [0, 0.1) is 0 Å². The molecule has 0 unspecified atom stereocenters. The molecule has 0 saturated heterocycles. The Labute approximate surface area is 62.4 Å². The minimum Gasteiger partial charge on any atom is -0.143 e. The van der Waals surface area contributed by atoms with Crippen molar-refractivity contribution in [3.05, 3.63) is 35.3 Å². The summed E-state index contributed by atoms with van der Waals surface area (Å²) in [5.41, 5.74) is 1.21. The molecule has 0 nitrogen and oxygen atoms in total. The summed E-state index contributed by atoms with van der Waals surface area (Å²) in [6.45, 7) is 7.60. The van der Waals surface area contributed by atoms with E-state index in [1.807, 2.05) is 26.0 Å². The van der Waals surface area contributed by atoms with Crippen LogP contribution in [-0.2, 0) is 0 Å². The van der Waals surface area contributed by atoms with E-state index in [-0.39, 0.29) is 0 Å². The van der Waals surface area contributed by atoms with Crippen molar-refractivity contribution in [1.82, 2.24) is 0 Å². The number of hydrogen-bond acceptors (Lipinski definition) is 1. The molecule has 0 bridgehead atoms.